The van der Waals surface area contributed by atoms with Gasteiger partial charge in [-0.1, -0.05) is 24.6 Å². The lowest BCUT2D eigenvalue weighted by Crippen LogP contribution is -2.17. The number of benzene rings is 1. The Balaban J connectivity index is 1.33. The maximum Gasteiger partial charge on any atom is 0.306 e. The molecule has 26 heavy (non-hydrogen) atoms. The van der Waals surface area contributed by atoms with Crippen LogP contribution in [-0.4, -0.2) is 20.9 Å². The van der Waals surface area contributed by atoms with Crippen molar-refractivity contribution >= 4 is 23.6 Å². The molecule has 2 fully saturated rings. The minimum absolute atomic E-state index is 0.00976. The van der Waals surface area contributed by atoms with E-state index in [0.717, 1.165) is 11.6 Å². The maximum atomic E-state index is 12.2. The summed E-state index contributed by atoms with van der Waals surface area (Å²) in [4.78, 5) is 24.6. The third kappa shape index (κ3) is 3.92. The fraction of sp³-hybridized carbons (Fsp3) is 0.474. The molecule has 3 N–H and O–H groups in total. The molecular weight excluding hydrogens is 330 g/mol. The molecule has 0 saturated heterocycles. The van der Waals surface area contributed by atoms with Gasteiger partial charge in [0.15, 0.2) is 12.4 Å². The summed E-state index contributed by atoms with van der Waals surface area (Å²) in [7, 11) is 0. The number of hydrogen-bond donors (Lipinski definition) is 2. The number of anilines is 3. The molecule has 4 rings (SSSR count). The van der Waals surface area contributed by atoms with Crippen LogP contribution in [0.2, 0.25) is 0 Å². The molecule has 0 aliphatic heterocycles. The molecule has 0 spiro atoms. The number of aromatic nitrogens is 3. The summed E-state index contributed by atoms with van der Waals surface area (Å²) in [6.07, 6.45) is 5.55. The zero-order valence-electron chi connectivity index (χ0n) is 14.6. The molecule has 2 aromatic rings. The van der Waals surface area contributed by atoms with Crippen LogP contribution in [0.15, 0.2) is 30.3 Å². The lowest BCUT2D eigenvalue weighted by atomic mass is 9.86. The van der Waals surface area contributed by atoms with Crippen LogP contribution in [0.4, 0.5) is 17.6 Å². The van der Waals surface area contributed by atoms with Crippen molar-refractivity contribution in [1.82, 2.24) is 15.0 Å². The third-order valence-electron chi connectivity index (χ3n) is 5.40. The second-order valence-electron chi connectivity index (χ2n) is 7.22. The Morgan fingerprint density at radius 1 is 1.15 bits per heavy atom. The largest absolute Gasteiger partial charge is 0.457 e. The first-order chi connectivity index (χ1) is 12.7. The second-order valence-corrected chi connectivity index (χ2v) is 7.22. The van der Waals surface area contributed by atoms with Crippen molar-refractivity contribution in [3.8, 4) is 0 Å². The molecule has 1 aromatic carbocycles. The smallest absolute Gasteiger partial charge is 0.306 e. The number of esters is 1. The Kier molecular flexibility index (Phi) is 4.69. The van der Waals surface area contributed by atoms with Gasteiger partial charge in [0.2, 0.25) is 11.9 Å². The molecule has 2 aliphatic carbocycles. The molecule has 3 atom stereocenters. The van der Waals surface area contributed by atoms with Gasteiger partial charge in [-0.3, -0.25) is 4.79 Å². The SMILES string of the molecule is Nc1nc(COC(=O)C[C@@H]2C[C@H]3CC[C@@H]2C3)nc(Nc2ccccc2)n1. The summed E-state index contributed by atoms with van der Waals surface area (Å²) in [5.41, 5.74) is 6.59. The van der Waals surface area contributed by atoms with Gasteiger partial charge in [0.25, 0.3) is 0 Å². The lowest BCUT2D eigenvalue weighted by molar-refractivity contribution is -0.146. The Morgan fingerprint density at radius 3 is 2.73 bits per heavy atom. The van der Waals surface area contributed by atoms with E-state index >= 15 is 0 Å². The molecular formula is C19H23N5O2. The van der Waals surface area contributed by atoms with E-state index in [2.05, 4.69) is 20.3 Å². The first-order valence-corrected chi connectivity index (χ1v) is 9.14. The van der Waals surface area contributed by atoms with Crippen LogP contribution in [0, 0.1) is 17.8 Å². The monoisotopic (exact) mass is 353 g/mol. The molecule has 136 valence electrons. The number of carbonyl (C=O) groups is 1. The summed E-state index contributed by atoms with van der Waals surface area (Å²) in [5, 5.41) is 3.07. The topological polar surface area (TPSA) is 103 Å². The predicted molar refractivity (Wildman–Crippen MR) is 97.3 cm³/mol. The number of para-hydroxylation sites is 1. The van der Waals surface area contributed by atoms with Crippen molar-refractivity contribution in [2.75, 3.05) is 11.1 Å². The summed E-state index contributed by atoms with van der Waals surface area (Å²) in [6.45, 7) is 0.00976. The van der Waals surface area contributed by atoms with Crippen molar-refractivity contribution in [1.29, 1.82) is 0 Å². The van der Waals surface area contributed by atoms with Gasteiger partial charge >= 0.3 is 5.97 Å². The quantitative estimate of drug-likeness (QED) is 0.769. The normalized spacial score (nSPS) is 23.8. The van der Waals surface area contributed by atoms with Gasteiger partial charge in [-0.05, 0) is 49.1 Å². The Morgan fingerprint density at radius 2 is 2.00 bits per heavy atom. The standard InChI is InChI=1S/C19H23N5O2/c20-18-22-16(23-19(24-18)21-15-4-2-1-3-5-15)11-26-17(25)10-14-9-12-6-7-13(14)8-12/h1-5,12-14H,6-11H2,(H3,20,21,22,23,24)/t12-,13+,14-/m0/s1. The van der Waals surface area contributed by atoms with E-state index in [1.807, 2.05) is 30.3 Å². The van der Waals surface area contributed by atoms with Crippen molar-refractivity contribution < 1.29 is 9.53 Å². The Labute approximate surface area is 152 Å². The van der Waals surface area contributed by atoms with Crippen molar-refractivity contribution in [3.05, 3.63) is 36.2 Å². The summed E-state index contributed by atoms with van der Waals surface area (Å²) in [5.74, 6) is 2.62. The number of nitrogens with two attached hydrogens (primary N) is 1. The third-order valence-corrected chi connectivity index (χ3v) is 5.40. The molecule has 0 radical (unpaired) electrons. The van der Waals surface area contributed by atoms with Gasteiger partial charge < -0.3 is 15.8 Å². The van der Waals surface area contributed by atoms with E-state index in [1.165, 1.54) is 25.7 Å². The number of ether oxygens (including phenoxy) is 1. The molecule has 0 unspecified atom stereocenters. The van der Waals surface area contributed by atoms with E-state index in [0.29, 0.717) is 30.0 Å². The van der Waals surface area contributed by atoms with E-state index in [9.17, 15) is 4.79 Å². The fourth-order valence-electron chi connectivity index (χ4n) is 4.25. The van der Waals surface area contributed by atoms with E-state index in [4.69, 9.17) is 10.5 Å². The molecule has 2 bridgehead atoms. The van der Waals surface area contributed by atoms with Crippen LogP contribution in [0.25, 0.3) is 0 Å². The van der Waals surface area contributed by atoms with E-state index < -0.39 is 0 Å². The minimum Gasteiger partial charge on any atom is -0.457 e. The van der Waals surface area contributed by atoms with Crippen LogP contribution in [-0.2, 0) is 16.1 Å². The van der Waals surface area contributed by atoms with Crippen LogP contribution >= 0.6 is 0 Å². The van der Waals surface area contributed by atoms with Gasteiger partial charge in [0.1, 0.15) is 0 Å². The first kappa shape index (κ1) is 16.8. The van der Waals surface area contributed by atoms with Gasteiger partial charge in [0.05, 0.1) is 0 Å². The molecule has 0 amide bonds. The molecule has 7 heteroatoms. The number of fused-ring (bicyclic) bond motifs is 2. The predicted octanol–water partition coefficient (Wildman–Crippen LogP) is 3.07. The lowest BCUT2D eigenvalue weighted by Gasteiger charge is -2.20. The fourth-order valence-corrected chi connectivity index (χ4v) is 4.25. The number of carbonyl (C=O) groups excluding carboxylic acids is 1. The first-order valence-electron chi connectivity index (χ1n) is 9.14. The zero-order chi connectivity index (χ0) is 17.9. The number of hydrogen-bond acceptors (Lipinski definition) is 7. The number of rotatable bonds is 6. The van der Waals surface area contributed by atoms with Crippen LogP contribution < -0.4 is 11.1 Å². The van der Waals surface area contributed by atoms with Gasteiger partial charge in [0, 0.05) is 12.1 Å². The zero-order valence-corrected chi connectivity index (χ0v) is 14.6. The minimum atomic E-state index is -0.181. The second kappa shape index (κ2) is 7.27. The Bertz CT molecular complexity index is 783. The highest BCUT2D eigenvalue weighted by Gasteiger charge is 2.40. The highest BCUT2D eigenvalue weighted by molar-refractivity contribution is 5.69. The number of nitrogens with zero attached hydrogens (tertiary/aromatic N) is 3. The van der Waals surface area contributed by atoms with Gasteiger partial charge in [-0.25, -0.2) is 0 Å². The molecule has 7 nitrogen and oxygen atoms in total. The van der Waals surface area contributed by atoms with Gasteiger partial charge in [-0.15, -0.1) is 0 Å². The summed E-state index contributed by atoms with van der Waals surface area (Å²) < 4.78 is 5.38. The average Bonchev–Trinajstić information content (AvgIpc) is 3.23. The highest BCUT2D eigenvalue weighted by Crippen LogP contribution is 2.49. The average molecular weight is 353 g/mol. The number of nitrogens with one attached hydrogen (secondary N) is 1. The van der Waals surface area contributed by atoms with Crippen LogP contribution in [0.1, 0.15) is 37.9 Å². The van der Waals surface area contributed by atoms with Crippen molar-refractivity contribution in [3.63, 3.8) is 0 Å². The molecule has 1 aromatic heterocycles. The highest BCUT2D eigenvalue weighted by atomic mass is 16.5. The molecule has 2 aliphatic rings. The number of nitrogen functional groups attached to an aromatic ring is 1. The van der Waals surface area contributed by atoms with Crippen molar-refractivity contribution in [2.24, 2.45) is 17.8 Å². The molecule has 2 saturated carbocycles. The van der Waals surface area contributed by atoms with Crippen LogP contribution in [0.3, 0.4) is 0 Å². The molecule has 1 heterocycles. The summed E-state index contributed by atoms with van der Waals surface area (Å²) >= 11 is 0. The van der Waals surface area contributed by atoms with Crippen molar-refractivity contribution in [2.45, 2.75) is 38.7 Å². The Hall–Kier alpha value is -2.70. The van der Waals surface area contributed by atoms with Crippen LogP contribution in [0.5, 0.6) is 0 Å². The van der Waals surface area contributed by atoms with E-state index in [1.54, 1.807) is 0 Å². The maximum absolute atomic E-state index is 12.2. The van der Waals surface area contributed by atoms with Gasteiger partial charge in [-0.2, -0.15) is 15.0 Å². The van der Waals surface area contributed by atoms with E-state index in [-0.39, 0.29) is 18.5 Å². The summed E-state index contributed by atoms with van der Waals surface area (Å²) in [6, 6.07) is 9.54.